The summed E-state index contributed by atoms with van der Waals surface area (Å²) in [6.07, 6.45) is 3.88. The molecule has 0 spiro atoms. The van der Waals surface area contributed by atoms with Crippen LogP contribution in [0.4, 0.5) is 0 Å². The molecule has 0 aromatic carbocycles. The summed E-state index contributed by atoms with van der Waals surface area (Å²) in [4.78, 5) is 2.35. The lowest BCUT2D eigenvalue weighted by Gasteiger charge is -2.20. The molecule has 0 radical (unpaired) electrons. The maximum Gasteiger partial charge on any atom is 0.139 e. The number of hydrogen-bond acceptors (Lipinski definition) is 4. The predicted molar refractivity (Wildman–Crippen MR) is 72.5 cm³/mol. The summed E-state index contributed by atoms with van der Waals surface area (Å²) >= 11 is 0. The first-order chi connectivity index (χ1) is 8.07. The fourth-order valence-electron chi connectivity index (χ4n) is 1.44. The smallest absolute Gasteiger partial charge is 0.139 e. The lowest BCUT2D eigenvalue weighted by Crippen LogP contribution is -2.29. The minimum absolute atomic E-state index is 0.323. The highest BCUT2D eigenvalue weighted by Gasteiger charge is 2.01. The van der Waals surface area contributed by atoms with Gasteiger partial charge in [0.25, 0.3) is 0 Å². The van der Waals surface area contributed by atoms with Gasteiger partial charge in [0, 0.05) is 12.5 Å². The normalized spacial score (nSPS) is 12.6. The first kappa shape index (κ1) is 16.2. The van der Waals surface area contributed by atoms with E-state index >= 15 is 0 Å². The molecule has 0 unspecified atom stereocenters. The predicted octanol–water partition coefficient (Wildman–Crippen LogP) is 1.22. The number of unbranched alkanes of at least 4 members (excludes halogenated alkanes) is 1. The fourth-order valence-corrected chi connectivity index (χ4v) is 1.44. The molecule has 0 aliphatic heterocycles. The molecule has 17 heavy (non-hydrogen) atoms. The molecule has 0 aliphatic rings. The number of oxime groups is 1. The molecular weight excluding hydrogens is 216 g/mol. The van der Waals surface area contributed by atoms with Crippen LogP contribution in [-0.2, 0) is 0 Å². The van der Waals surface area contributed by atoms with Gasteiger partial charge in [0.2, 0.25) is 0 Å². The van der Waals surface area contributed by atoms with E-state index in [1.165, 1.54) is 6.42 Å². The quantitative estimate of drug-likeness (QED) is 0.178. The summed E-state index contributed by atoms with van der Waals surface area (Å²) in [5.41, 5.74) is 5.37. The van der Waals surface area contributed by atoms with Crippen molar-refractivity contribution in [3.05, 3.63) is 0 Å². The third-order valence-corrected chi connectivity index (χ3v) is 2.91. The molecule has 0 aliphatic carbocycles. The summed E-state index contributed by atoms with van der Waals surface area (Å²) in [5, 5.41) is 14.7. The van der Waals surface area contributed by atoms with Gasteiger partial charge in [0.15, 0.2) is 0 Å². The highest BCUT2D eigenvalue weighted by atomic mass is 16.4. The molecule has 5 heteroatoms. The van der Waals surface area contributed by atoms with Gasteiger partial charge in [-0.1, -0.05) is 5.16 Å². The molecule has 102 valence electrons. The van der Waals surface area contributed by atoms with E-state index in [9.17, 15) is 0 Å². The first-order valence-corrected chi connectivity index (χ1v) is 6.45. The standard InChI is InChI=1S/C12H28N4O/c1-11(2)16(3)10-6-9-14-8-5-4-7-12(13)15-17/h11,14,17H,4-10H2,1-3H3,(H2,13,15). The molecule has 0 saturated carbocycles. The molecule has 0 aromatic rings. The third-order valence-electron chi connectivity index (χ3n) is 2.91. The van der Waals surface area contributed by atoms with E-state index in [0.717, 1.165) is 32.5 Å². The number of hydrogen-bond donors (Lipinski definition) is 3. The molecule has 5 nitrogen and oxygen atoms in total. The number of nitrogens with zero attached hydrogens (tertiary/aromatic N) is 2. The van der Waals surface area contributed by atoms with Crippen molar-refractivity contribution in [2.24, 2.45) is 10.9 Å². The Hall–Kier alpha value is -0.810. The van der Waals surface area contributed by atoms with Gasteiger partial charge >= 0.3 is 0 Å². The summed E-state index contributed by atoms with van der Waals surface area (Å²) in [6.45, 7) is 7.61. The second-order valence-electron chi connectivity index (χ2n) is 4.73. The van der Waals surface area contributed by atoms with Crippen molar-refractivity contribution in [3.8, 4) is 0 Å². The zero-order chi connectivity index (χ0) is 13.1. The van der Waals surface area contributed by atoms with Gasteiger partial charge in [-0.3, -0.25) is 0 Å². The van der Waals surface area contributed by atoms with Crippen molar-refractivity contribution in [1.29, 1.82) is 0 Å². The zero-order valence-corrected chi connectivity index (χ0v) is 11.4. The second-order valence-corrected chi connectivity index (χ2v) is 4.73. The van der Waals surface area contributed by atoms with Crippen molar-refractivity contribution < 1.29 is 5.21 Å². The maximum atomic E-state index is 8.35. The van der Waals surface area contributed by atoms with Crippen LogP contribution < -0.4 is 11.1 Å². The Morgan fingerprint density at radius 3 is 2.53 bits per heavy atom. The van der Waals surface area contributed by atoms with Crippen LogP contribution in [0.1, 0.15) is 39.5 Å². The van der Waals surface area contributed by atoms with Crippen molar-refractivity contribution >= 4 is 5.84 Å². The Kier molecular flexibility index (Phi) is 9.86. The molecule has 0 atom stereocenters. The van der Waals surface area contributed by atoms with Crippen LogP contribution >= 0.6 is 0 Å². The van der Waals surface area contributed by atoms with Crippen LogP contribution in [0.25, 0.3) is 0 Å². The van der Waals surface area contributed by atoms with E-state index in [1.807, 2.05) is 0 Å². The Morgan fingerprint density at radius 2 is 1.94 bits per heavy atom. The van der Waals surface area contributed by atoms with Gasteiger partial charge in [-0.25, -0.2) is 0 Å². The van der Waals surface area contributed by atoms with Crippen molar-refractivity contribution in [1.82, 2.24) is 10.2 Å². The van der Waals surface area contributed by atoms with E-state index in [0.29, 0.717) is 18.3 Å². The van der Waals surface area contributed by atoms with Gasteiger partial charge < -0.3 is 21.2 Å². The minimum atomic E-state index is 0.323. The van der Waals surface area contributed by atoms with E-state index in [1.54, 1.807) is 0 Å². The number of nitrogens with two attached hydrogens (primary N) is 1. The Labute approximate surface area is 105 Å². The average Bonchev–Trinajstić information content (AvgIpc) is 2.31. The Bertz CT molecular complexity index is 207. The van der Waals surface area contributed by atoms with E-state index in [4.69, 9.17) is 10.9 Å². The Morgan fingerprint density at radius 1 is 1.29 bits per heavy atom. The number of nitrogens with one attached hydrogen (secondary N) is 1. The first-order valence-electron chi connectivity index (χ1n) is 6.45. The molecule has 0 fully saturated rings. The van der Waals surface area contributed by atoms with Crippen LogP contribution in [0, 0.1) is 0 Å². The van der Waals surface area contributed by atoms with Gasteiger partial charge in [-0.2, -0.15) is 0 Å². The highest BCUT2D eigenvalue weighted by Crippen LogP contribution is 1.95. The van der Waals surface area contributed by atoms with Crippen LogP contribution in [-0.4, -0.2) is 48.7 Å². The maximum absolute atomic E-state index is 8.35. The summed E-state index contributed by atoms with van der Waals surface area (Å²) in [7, 11) is 2.15. The SMILES string of the molecule is CC(C)N(C)CCCNCCCCC(N)=NO. The van der Waals surface area contributed by atoms with Crippen LogP contribution in [0.3, 0.4) is 0 Å². The lowest BCUT2D eigenvalue weighted by atomic mass is 10.2. The van der Waals surface area contributed by atoms with Gasteiger partial charge in [-0.15, -0.1) is 0 Å². The van der Waals surface area contributed by atoms with Crippen LogP contribution in [0.2, 0.25) is 0 Å². The average molecular weight is 244 g/mol. The molecule has 0 saturated heterocycles. The summed E-state index contributed by atoms with van der Waals surface area (Å²) in [6, 6.07) is 0.621. The second kappa shape index (κ2) is 10.4. The highest BCUT2D eigenvalue weighted by molar-refractivity contribution is 5.79. The molecule has 0 amide bonds. The van der Waals surface area contributed by atoms with Crippen molar-refractivity contribution in [2.75, 3.05) is 26.7 Å². The third kappa shape index (κ3) is 10.1. The monoisotopic (exact) mass is 244 g/mol. The van der Waals surface area contributed by atoms with Gasteiger partial charge in [0.05, 0.1) is 0 Å². The van der Waals surface area contributed by atoms with Crippen LogP contribution in [0.5, 0.6) is 0 Å². The molecule has 0 bridgehead atoms. The Balaban J connectivity index is 3.19. The van der Waals surface area contributed by atoms with Gasteiger partial charge in [-0.05, 0) is 59.8 Å². The molecule has 4 N–H and O–H groups in total. The fraction of sp³-hybridized carbons (Fsp3) is 0.917. The molecule has 0 heterocycles. The van der Waals surface area contributed by atoms with E-state index in [-0.39, 0.29) is 0 Å². The lowest BCUT2D eigenvalue weighted by molar-refractivity contribution is 0.269. The van der Waals surface area contributed by atoms with Crippen molar-refractivity contribution in [2.45, 2.75) is 45.6 Å². The van der Waals surface area contributed by atoms with Crippen molar-refractivity contribution in [3.63, 3.8) is 0 Å². The van der Waals surface area contributed by atoms with E-state index in [2.05, 4.69) is 36.3 Å². The number of amidine groups is 1. The largest absolute Gasteiger partial charge is 0.409 e. The molecule has 0 rings (SSSR count). The minimum Gasteiger partial charge on any atom is -0.409 e. The molecule has 0 aromatic heterocycles. The topological polar surface area (TPSA) is 73.9 Å². The summed E-state index contributed by atoms with van der Waals surface area (Å²) in [5.74, 6) is 0.323. The van der Waals surface area contributed by atoms with Gasteiger partial charge in [0.1, 0.15) is 5.84 Å². The molecular formula is C12H28N4O. The van der Waals surface area contributed by atoms with E-state index < -0.39 is 0 Å². The number of rotatable bonds is 10. The summed E-state index contributed by atoms with van der Waals surface area (Å²) < 4.78 is 0. The van der Waals surface area contributed by atoms with Crippen LogP contribution in [0.15, 0.2) is 5.16 Å². The zero-order valence-electron chi connectivity index (χ0n) is 11.4.